The normalized spacial score (nSPS) is 9.76. The van der Waals surface area contributed by atoms with Crippen molar-refractivity contribution in [1.82, 2.24) is 10.6 Å². The molecule has 0 fully saturated rings. The molecular formula is C10H16BrClN2O2S. The van der Waals surface area contributed by atoms with Crippen LogP contribution in [0.5, 0.6) is 0 Å². The van der Waals surface area contributed by atoms with Crippen LogP contribution in [-0.4, -0.2) is 39.3 Å². The molecule has 0 radical (unpaired) electrons. The van der Waals surface area contributed by atoms with Gasteiger partial charge in [0, 0.05) is 26.7 Å². The van der Waals surface area contributed by atoms with Crippen molar-refractivity contribution in [3.8, 4) is 0 Å². The van der Waals surface area contributed by atoms with E-state index in [4.69, 9.17) is 4.74 Å². The standard InChI is InChI=1S/C10H15BrN2O2S.ClH/c1-15-7-6-12-4-5-13-10(14)8-2-3-9(11)16-8;/h2-3,12H,4-7H2,1H3,(H,13,14);1H. The molecule has 1 amide bonds. The SMILES string of the molecule is COCCNCCNC(=O)c1ccc(Br)s1.Cl. The van der Waals surface area contributed by atoms with E-state index in [1.54, 1.807) is 7.11 Å². The van der Waals surface area contributed by atoms with Gasteiger partial charge in [-0.3, -0.25) is 4.79 Å². The van der Waals surface area contributed by atoms with E-state index in [9.17, 15) is 4.79 Å². The molecule has 98 valence electrons. The number of amides is 1. The van der Waals surface area contributed by atoms with Gasteiger partial charge in [-0.25, -0.2) is 0 Å². The molecule has 2 N–H and O–H groups in total. The Labute approximate surface area is 120 Å². The molecule has 1 aromatic rings. The molecule has 0 aliphatic carbocycles. The molecule has 4 nitrogen and oxygen atoms in total. The lowest BCUT2D eigenvalue weighted by molar-refractivity contribution is 0.0957. The number of carbonyl (C=O) groups excluding carboxylic acids is 1. The van der Waals surface area contributed by atoms with Gasteiger partial charge in [0.1, 0.15) is 0 Å². The number of methoxy groups -OCH3 is 1. The fourth-order valence-corrected chi connectivity index (χ4v) is 2.39. The van der Waals surface area contributed by atoms with Crippen molar-refractivity contribution in [2.45, 2.75) is 0 Å². The Balaban J connectivity index is 0.00000256. The van der Waals surface area contributed by atoms with Gasteiger partial charge < -0.3 is 15.4 Å². The third kappa shape index (κ3) is 7.00. The molecule has 0 aliphatic heterocycles. The predicted molar refractivity (Wildman–Crippen MR) is 76.3 cm³/mol. The Morgan fingerprint density at radius 3 is 2.76 bits per heavy atom. The number of halogens is 2. The van der Waals surface area contributed by atoms with E-state index in [2.05, 4.69) is 26.6 Å². The number of nitrogens with one attached hydrogen (secondary N) is 2. The monoisotopic (exact) mass is 342 g/mol. The molecule has 0 saturated carbocycles. The van der Waals surface area contributed by atoms with Crippen molar-refractivity contribution in [3.63, 3.8) is 0 Å². The highest BCUT2D eigenvalue weighted by atomic mass is 79.9. The average Bonchev–Trinajstić information content (AvgIpc) is 2.70. The maximum Gasteiger partial charge on any atom is 0.261 e. The lowest BCUT2D eigenvalue weighted by Crippen LogP contribution is -2.32. The molecule has 7 heteroatoms. The second-order valence-electron chi connectivity index (χ2n) is 3.10. The van der Waals surface area contributed by atoms with Crippen molar-refractivity contribution < 1.29 is 9.53 Å². The number of hydrogen-bond acceptors (Lipinski definition) is 4. The first-order valence-corrected chi connectivity index (χ1v) is 6.58. The minimum atomic E-state index is -0.0239. The lowest BCUT2D eigenvalue weighted by atomic mass is 10.4. The van der Waals surface area contributed by atoms with E-state index in [-0.39, 0.29) is 18.3 Å². The van der Waals surface area contributed by atoms with E-state index in [0.29, 0.717) is 13.2 Å². The highest BCUT2D eigenvalue weighted by Gasteiger charge is 2.06. The summed E-state index contributed by atoms with van der Waals surface area (Å²) in [6.07, 6.45) is 0. The lowest BCUT2D eigenvalue weighted by Gasteiger charge is -2.05. The molecule has 0 aromatic carbocycles. The maximum atomic E-state index is 11.6. The zero-order valence-corrected chi connectivity index (χ0v) is 12.7. The number of hydrogen-bond donors (Lipinski definition) is 2. The predicted octanol–water partition coefficient (Wildman–Crippen LogP) is 1.90. The van der Waals surface area contributed by atoms with Gasteiger partial charge in [-0.2, -0.15) is 0 Å². The molecule has 0 saturated heterocycles. The number of ether oxygens (including phenoxy) is 1. The van der Waals surface area contributed by atoms with Gasteiger partial charge in [0.2, 0.25) is 0 Å². The molecule has 17 heavy (non-hydrogen) atoms. The minimum Gasteiger partial charge on any atom is -0.383 e. The third-order valence-electron chi connectivity index (χ3n) is 1.87. The van der Waals surface area contributed by atoms with Gasteiger partial charge >= 0.3 is 0 Å². The van der Waals surface area contributed by atoms with Crippen LogP contribution >= 0.6 is 39.7 Å². The molecular weight excluding hydrogens is 328 g/mol. The minimum absolute atomic E-state index is 0. The fourth-order valence-electron chi connectivity index (χ4n) is 1.09. The number of carbonyl (C=O) groups is 1. The number of rotatable bonds is 7. The van der Waals surface area contributed by atoms with Crippen LogP contribution in [0.25, 0.3) is 0 Å². The van der Waals surface area contributed by atoms with Crippen LogP contribution in [0, 0.1) is 0 Å². The summed E-state index contributed by atoms with van der Waals surface area (Å²) in [6.45, 7) is 2.86. The molecule has 0 bridgehead atoms. The quantitative estimate of drug-likeness (QED) is 0.744. The molecule has 1 rings (SSSR count). The van der Waals surface area contributed by atoms with Crippen LogP contribution in [-0.2, 0) is 4.74 Å². The Morgan fingerprint density at radius 2 is 2.18 bits per heavy atom. The van der Waals surface area contributed by atoms with Crippen LogP contribution in [0.4, 0.5) is 0 Å². The Bertz CT molecular complexity index is 336. The highest BCUT2D eigenvalue weighted by molar-refractivity contribution is 9.11. The summed E-state index contributed by atoms with van der Waals surface area (Å²) < 4.78 is 5.86. The molecule has 1 heterocycles. The van der Waals surface area contributed by atoms with E-state index in [0.717, 1.165) is 21.8 Å². The average molecular weight is 344 g/mol. The topological polar surface area (TPSA) is 50.4 Å². The maximum absolute atomic E-state index is 11.6. The Morgan fingerprint density at radius 1 is 1.41 bits per heavy atom. The molecule has 0 aliphatic rings. The van der Waals surface area contributed by atoms with Gasteiger partial charge in [-0.1, -0.05) is 0 Å². The van der Waals surface area contributed by atoms with Crippen molar-refractivity contribution in [3.05, 3.63) is 20.8 Å². The Kier molecular flexibility index (Phi) is 9.76. The first kappa shape index (κ1) is 16.9. The zero-order valence-electron chi connectivity index (χ0n) is 9.49. The summed E-state index contributed by atoms with van der Waals surface area (Å²) in [4.78, 5) is 12.3. The van der Waals surface area contributed by atoms with E-state index in [1.165, 1.54) is 11.3 Å². The molecule has 1 aromatic heterocycles. The fraction of sp³-hybridized carbons (Fsp3) is 0.500. The van der Waals surface area contributed by atoms with Gasteiger partial charge in [0.05, 0.1) is 15.3 Å². The van der Waals surface area contributed by atoms with E-state index < -0.39 is 0 Å². The highest BCUT2D eigenvalue weighted by Crippen LogP contribution is 2.21. The largest absolute Gasteiger partial charge is 0.383 e. The van der Waals surface area contributed by atoms with Gasteiger partial charge in [0.25, 0.3) is 5.91 Å². The van der Waals surface area contributed by atoms with Crippen LogP contribution in [0.3, 0.4) is 0 Å². The van der Waals surface area contributed by atoms with E-state index >= 15 is 0 Å². The van der Waals surface area contributed by atoms with Crippen LogP contribution in [0.15, 0.2) is 15.9 Å². The van der Waals surface area contributed by atoms with Crippen molar-refractivity contribution in [1.29, 1.82) is 0 Å². The van der Waals surface area contributed by atoms with Crippen molar-refractivity contribution >= 4 is 45.6 Å². The second kappa shape index (κ2) is 9.85. The summed E-state index contributed by atoms with van der Waals surface area (Å²) >= 11 is 4.75. The summed E-state index contributed by atoms with van der Waals surface area (Å²) in [5.74, 6) is -0.0239. The van der Waals surface area contributed by atoms with Crippen LogP contribution < -0.4 is 10.6 Å². The first-order valence-electron chi connectivity index (χ1n) is 4.97. The molecule has 0 atom stereocenters. The summed E-state index contributed by atoms with van der Waals surface area (Å²) in [6, 6.07) is 3.68. The molecule has 0 spiro atoms. The van der Waals surface area contributed by atoms with Crippen molar-refractivity contribution in [2.24, 2.45) is 0 Å². The Hall–Kier alpha value is -0.140. The van der Waals surface area contributed by atoms with Crippen molar-refractivity contribution in [2.75, 3.05) is 33.4 Å². The van der Waals surface area contributed by atoms with E-state index in [1.807, 2.05) is 12.1 Å². The second-order valence-corrected chi connectivity index (χ2v) is 5.57. The zero-order chi connectivity index (χ0) is 11.8. The van der Waals surface area contributed by atoms with Gasteiger partial charge in [0.15, 0.2) is 0 Å². The number of thiophene rings is 1. The first-order chi connectivity index (χ1) is 7.74. The van der Waals surface area contributed by atoms with Gasteiger partial charge in [-0.15, -0.1) is 23.7 Å². The van der Waals surface area contributed by atoms with Crippen LogP contribution in [0.1, 0.15) is 9.67 Å². The summed E-state index contributed by atoms with van der Waals surface area (Å²) in [5, 5.41) is 5.99. The summed E-state index contributed by atoms with van der Waals surface area (Å²) in [7, 11) is 1.66. The smallest absolute Gasteiger partial charge is 0.261 e. The third-order valence-corrected chi connectivity index (χ3v) is 3.49. The van der Waals surface area contributed by atoms with Gasteiger partial charge in [-0.05, 0) is 28.1 Å². The molecule has 0 unspecified atom stereocenters. The van der Waals surface area contributed by atoms with Crippen LogP contribution in [0.2, 0.25) is 0 Å². The summed E-state index contributed by atoms with van der Waals surface area (Å²) in [5.41, 5.74) is 0.